The average molecular weight is 373 g/mol. The predicted molar refractivity (Wildman–Crippen MR) is 101 cm³/mol. The summed E-state index contributed by atoms with van der Waals surface area (Å²) >= 11 is 1.58. The number of nitrogens with one attached hydrogen (secondary N) is 1. The number of urea groups is 1. The van der Waals surface area contributed by atoms with Gasteiger partial charge < -0.3 is 15.3 Å². The molecule has 2 atom stereocenters. The van der Waals surface area contributed by atoms with Crippen molar-refractivity contribution in [3.05, 3.63) is 40.9 Å². The summed E-state index contributed by atoms with van der Waals surface area (Å²) in [5.41, 5.74) is 1.97. The van der Waals surface area contributed by atoms with Gasteiger partial charge in [0.05, 0.1) is 22.5 Å². The first kappa shape index (κ1) is 18.4. The molecule has 138 valence electrons. The molecule has 2 amide bonds. The Morgan fingerprint density at radius 1 is 1.35 bits per heavy atom. The van der Waals surface area contributed by atoms with E-state index in [1.165, 1.54) is 0 Å². The second-order valence-corrected chi connectivity index (χ2v) is 7.66. The Labute approximate surface area is 156 Å². The standard InChI is InChI=1S/C19H23N3O3S/c1-12-16(26-17(20-12)14-7-4-3-5-8-14)13(2)21-19(25)22-10-6-9-15(11-22)18(23)24/h3-5,7-8,13,15H,6,9-11H2,1-2H3,(H,21,25)(H,23,24). The van der Waals surface area contributed by atoms with Gasteiger partial charge in [-0.2, -0.15) is 0 Å². The number of hydrogen-bond acceptors (Lipinski definition) is 4. The number of hydrogen-bond donors (Lipinski definition) is 2. The van der Waals surface area contributed by atoms with E-state index in [1.807, 2.05) is 44.2 Å². The molecule has 0 spiro atoms. The first-order valence-electron chi connectivity index (χ1n) is 8.76. The van der Waals surface area contributed by atoms with Gasteiger partial charge in [0.1, 0.15) is 5.01 Å². The molecule has 1 aliphatic rings. The monoisotopic (exact) mass is 373 g/mol. The summed E-state index contributed by atoms with van der Waals surface area (Å²) in [6.07, 6.45) is 1.35. The molecule has 0 aliphatic carbocycles. The van der Waals surface area contributed by atoms with Crippen LogP contribution in [0.3, 0.4) is 0 Å². The third-order valence-electron chi connectivity index (χ3n) is 4.64. The van der Waals surface area contributed by atoms with Gasteiger partial charge in [0.25, 0.3) is 0 Å². The highest BCUT2D eigenvalue weighted by atomic mass is 32.1. The van der Waals surface area contributed by atoms with Crippen LogP contribution in [0, 0.1) is 12.8 Å². The van der Waals surface area contributed by atoms with Crippen molar-refractivity contribution >= 4 is 23.3 Å². The fraction of sp³-hybridized carbons (Fsp3) is 0.421. The number of aliphatic carboxylic acids is 1. The van der Waals surface area contributed by atoms with Crippen molar-refractivity contribution in [3.63, 3.8) is 0 Å². The molecule has 1 fully saturated rings. The lowest BCUT2D eigenvalue weighted by Crippen LogP contribution is -2.47. The van der Waals surface area contributed by atoms with E-state index in [2.05, 4.69) is 10.3 Å². The van der Waals surface area contributed by atoms with E-state index in [4.69, 9.17) is 0 Å². The number of likely N-dealkylation sites (tertiary alicyclic amines) is 1. The number of benzene rings is 1. The number of aryl methyl sites for hydroxylation is 1. The fourth-order valence-electron chi connectivity index (χ4n) is 3.22. The summed E-state index contributed by atoms with van der Waals surface area (Å²) in [6.45, 7) is 4.75. The first-order valence-corrected chi connectivity index (χ1v) is 9.58. The molecule has 1 saturated heterocycles. The molecule has 2 heterocycles. The molecule has 7 heteroatoms. The van der Waals surface area contributed by atoms with Crippen molar-refractivity contribution < 1.29 is 14.7 Å². The Hall–Kier alpha value is -2.41. The maximum atomic E-state index is 12.5. The third kappa shape index (κ3) is 4.04. The Kier molecular flexibility index (Phi) is 5.56. The molecular formula is C19H23N3O3S. The Morgan fingerprint density at radius 3 is 2.77 bits per heavy atom. The van der Waals surface area contributed by atoms with Crippen LogP contribution in [0.5, 0.6) is 0 Å². The lowest BCUT2D eigenvalue weighted by atomic mass is 9.99. The van der Waals surface area contributed by atoms with Crippen molar-refractivity contribution in [2.45, 2.75) is 32.7 Å². The number of piperidine rings is 1. The van der Waals surface area contributed by atoms with Gasteiger partial charge in [-0.05, 0) is 26.7 Å². The quantitative estimate of drug-likeness (QED) is 0.856. The zero-order valence-electron chi connectivity index (χ0n) is 14.9. The van der Waals surface area contributed by atoms with Gasteiger partial charge in [-0.1, -0.05) is 30.3 Å². The van der Waals surface area contributed by atoms with Gasteiger partial charge in [-0.25, -0.2) is 9.78 Å². The number of carbonyl (C=O) groups is 2. The Balaban J connectivity index is 1.68. The van der Waals surface area contributed by atoms with Gasteiger partial charge in [0.15, 0.2) is 0 Å². The van der Waals surface area contributed by atoms with Crippen LogP contribution in [-0.4, -0.2) is 40.1 Å². The third-order valence-corrected chi connectivity index (χ3v) is 6.03. The van der Waals surface area contributed by atoms with Crippen LogP contribution in [0.4, 0.5) is 4.79 Å². The second kappa shape index (κ2) is 7.86. The molecule has 2 unspecified atom stereocenters. The number of carboxylic acids is 1. The van der Waals surface area contributed by atoms with E-state index in [-0.39, 0.29) is 18.6 Å². The van der Waals surface area contributed by atoms with Crippen molar-refractivity contribution in [3.8, 4) is 10.6 Å². The zero-order valence-corrected chi connectivity index (χ0v) is 15.8. The number of carboxylic acid groups (broad SMARTS) is 1. The van der Waals surface area contributed by atoms with Crippen molar-refractivity contribution in [1.29, 1.82) is 0 Å². The SMILES string of the molecule is Cc1nc(-c2ccccc2)sc1C(C)NC(=O)N1CCCC(C(=O)O)C1. The van der Waals surface area contributed by atoms with E-state index in [1.54, 1.807) is 16.2 Å². The number of rotatable bonds is 4. The summed E-state index contributed by atoms with van der Waals surface area (Å²) in [4.78, 5) is 31.0. The minimum atomic E-state index is -0.832. The van der Waals surface area contributed by atoms with Crippen molar-refractivity contribution in [2.24, 2.45) is 5.92 Å². The zero-order chi connectivity index (χ0) is 18.7. The first-order chi connectivity index (χ1) is 12.5. The van der Waals surface area contributed by atoms with Gasteiger partial charge in [0.2, 0.25) is 0 Å². The molecular weight excluding hydrogens is 350 g/mol. The summed E-state index contributed by atoms with van der Waals surface area (Å²) < 4.78 is 0. The highest BCUT2D eigenvalue weighted by molar-refractivity contribution is 7.15. The summed E-state index contributed by atoms with van der Waals surface area (Å²) in [6, 6.07) is 9.57. The van der Waals surface area contributed by atoms with Crippen LogP contribution < -0.4 is 5.32 Å². The van der Waals surface area contributed by atoms with Gasteiger partial charge >= 0.3 is 12.0 Å². The van der Waals surface area contributed by atoms with Crippen molar-refractivity contribution in [2.75, 3.05) is 13.1 Å². The van der Waals surface area contributed by atoms with Crippen LogP contribution in [0.25, 0.3) is 10.6 Å². The maximum absolute atomic E-state index is 12.5. The number of nitrogens with zero attached hydrogens (tertiary/aromatic N) is 2. The minimum Gasteiger partial charge on any atom is -0.481 e. The normalized spacial score (nSPS) is 18.4. The topological polar surface area (TPSA) is 82.5 Å². The largest absolute Gasteiger partial charge is 0.481 e. The van der Waals surface area contributed by atoms with Gasteiger partial charge in [-0.3, -0.25) is 4.79 Å². The predicted octanol–water partition coefficient (Wildman–Crippen LogP) is 3.69. The molecule has 2 aromatic rings. The van der Waals surface area contributed by atoms with Crippen LogP contribution >= 0.6 is 11.3 Å². The fourth-order valence-corrected chi connectivity index (χ4v) is 4.29. The number of aromatic nitrogens is 1. The molecule has 0 saturated carbocycles. The van der Waals surface area contributed by atoms with Crippen LogP contribution in [-0.2, 0) is 4.79 Å². The van der Waals surface area contributed by atoms with Crippen LogP contribution in [0.15, 0.2) is 30.3 Å². The average Bonchev–Trinajstić information content (AvgIpc) is 3.04. The Morgan fingerprint density at radius 2 is 2.08 bits per heavy atom. The van der Waals surface area contributed by atoms with Crippen LogP contribution in [0.2, 0.25) is 0 Å². The summed E-state index contributed by atoms with van der Waals surface area (Å²) in [7, 11) is 0. The smallest absolute Gasteiger partial charge is 0.317 e. The van der Waals surface area contributed by atoms with E-state index in [0.29, 0.717) is 13.0 Å². The number of amides is 2. The highest BCUT2D eigenvalue weighted by Crippen LogP contribution is 2.31. The molecule has 26 heavy (non-hydrogen) atoms. The van der Waals surface area contributed by atoms with E-state index < -0.39 is 11.9 Å². The molecule has 2 N–H and O–H groups in total. The molecule has 6 nitrogen and oxygen atoms in total. The Bertz CT molecular complexity index is 791. The minimum absolute atomic E-state index is 0.178. The van der Waals surface area contributed by atoms with Crippen molar-refractivity contribution in [1.82, 2.24) is 15.2 Å². The summed E-state index contributed by atoms with van der Waals surface area (Å²) in [5.74, 6) is -1.30. The lowest BCUT2D eigenvalue weighted by Gasteiger charge is -2.31. The molecule has 1 aromatic carbocycles. The van der Waals surface area contributed by atoms with E-state index >= 15 is 0 Å². The number of thiazole rings is 1. The lowest BCUT2D eigenvalue weighted by molar-refractivity contribution is -0.143. The molecule has 1 aromatic heterocycles. The molecule has 1 aliphatic heterocycles. The van der Waals surface area contributed by atoms with Crippen LogP contribution in [0.1, 0.15) is 36.4 Å². The van der Waals surface area contributed by atoms with E-state index in [0.717, 1.165) is 27.6 Å². The second-order valence-electron chi connectivity index (χ2n) is 6.63. The maximum Gasteiger partial charge on any atom is 0.317 e. The molecule has 3 rings (SSSR count). The van der Waals surface area contributed by atoms with E-state index in [9.17, 15) is 14.7 Å². The molecule has 0 radical (unpaired) electrons. The number of carbonyl (C=O) groups excluding carboxylic acids is 1. The van der Waals surface area contributed by atoms with Gasteiger partial charge in [-0.15, -0.1) is 11.3 Å². The highest BCUT2D eigenvalue weighted by Gasteiger charge is 2.29. The summed E-state index contributed by atoms with van der Waals surface area (Å²) in [5, 5.41) is 13.1. The molecule has 0 bridgehead atoms. The van der Waals surface area contributed by atoms with Gasteiger partial charge in [0, 0.05) is 18.7 Å².